The van der Waals surface area contributed by atoms with Crippen LogP contribution < -0.4 is 10.5 Å². The number of pyridine rings is 1. The molecule has 1 aromatic rings. The summed E-state index contributed by atoms with van der Waals surface area (Å²) in [5.41, 5.74) is 7.86. The van der Waals surface area contributed by atoms with E-state index in [0.717, 1.165) is 43.9 Å². The summed E-state index contributed by atoms with van der Waals surface area (Å²) < 4.78 is 5.37. The minimum atomic E-state index is 0.731. The number of ether oxygens (including phenoxy) is 1. The lowest BCUT2D eigenvalue weighted by atomic mass is 10.1. The van der Waals surface area contributed by atoms with Gasteiger partial charge in [0.2, 0.25) is 0 Å². The molecule has 0 atom stereocenters. The summed E-state index contributed by atoms with van der Waals surface area (Å²) in [7, 11) is 0. The molecule has 0 saturated heterocycles. The average Bonchev–Trinajstić information content (AvgIpc) is 2.61. The maximum Gasteiger partial charge on any atom is 0.140 e. The lowest BCUT2D eigenvalue weighted by Crippen LogP contribution is -2.01. The summed E-state index contributed by atoms with van der Waals surface area (Å²) in [4.78, 5) is 4.31. The Balaban J connectivity index is 2.12. The molecule has 3 nitrogen and oxygen atoms in total. The van der Waals surface area contributed by atoms with E-state index < -0.39 is 0 Å². The Kier molecular flexibility index (Phi) is 2.45. The molecule has 0 aliphatic carbocycles. The van der Waals surface area contributed by atoms with Crippen LogP contribution in [0.3, 0.4) is 0 Å². The van der Waals surface area contributed by atoms with Crippen LogP contribution in [0.2, 0.25) is 0 Å². The van der Waals surface area contributed by atoms with E-state index in [-0.39, 0.29) is 0 Å². The van der Waals surface area contributed by atoms with Gasteiger partial charge in [-0.15, -0.1) is 0 Å². The van der Waals surface area contributed by atoms with E-state index in [1.54, 1.807) is 0 Å². The second kappa shape index (κ2) is 3.75. The molecule has 2 N–H and O–H groups in total. The van der Waals surface area contributed by atoms with Crippen molar-refractivity contribution < 1.29 is 4.74 Å². The van der Waals surface area contributed by atoms with E-state index >= 15 is 0 Å². The van der Waals surface area contributed by atoms with Crippen molar-refractivity contribution in [2.75, 3.05) is 13.2 Å². The zero-order chi connectivity index (χ0) is 9.10. The third-order valence-corrected chi connectivity index (χ3v) is 2.27. The summed E-state index contributed by atoms with van der Waals surface area (Å²) in [6.07, 6.45) is 4.83. The second-order valence-electron chi connectivity index (χ2n) is 3.27. The van der Waals surface area contributed by atoms with Crippen molar-refractivity contribution in [1.82, 2.24) is 4.98 Å². The molecule has 2 heterocycles. The van der Waals surface area contributed by atoms with E-state index in [1.807, 2.05) is 6.20 Å². The molecule has 1 aliphatic heterocycles. The van der Waals surface area contributed by atoms with Crippen molar-refractivity contribution in [3.63, 3.8) is 0 Å². The van der Waals surface area contributed by atoms with Crippen LogP contribution in [-0.2, 0) is 12.8 Å². The van der Waals surface area contributed by atoms with Crippen molar-refractivity contribution in [3.8, 4) is 5.75 Å². The maximum atomic E-state index is 5.44. The van der Waals surface area contributed by atoms with Gasteiger partial charge in [-0.3, -0.25) is 4.98 Å². The number of aromatic nitrogens is 1. The first-order chi connectivity index (χ1) is 6.40. The predicted molar refractivity (Wildman–Crippen MR) is 50.8 cm³/mol. The number of aryl methyl sites for hydroxylation is 1. The summed E-state index contributed by atoms with van der Waals surface area (Å²) >= 11 is 0. The molecular weight excluding hydrogens is 164 g/mol. The Morgan fingerprint density at radius 2 is 2.46 bits per heavy atom. The van der Waals surface area contributed by atoms with Crippen LogP contribution in [0.25, 0.3) is 0 Å². The fourth-order valence-corrected chi connectivity index (χ4v) is 1.55. The summed E-state index contributed by atoms with van der Waals surface area (Å²) in [6, 6.07) is 2.14. The molecule has 70 valence electrons. The highest BCUT2D eigenvalue weighted by Crippen LogP contribution is 2.24. The molecule has 0 spiro atoms. The normalized spacial score (nSPS) is 13.9. The SMILES string of the molecule is NCCCc1cc2c(cn1)OCC2. The van der Waals surface area contributed by atoms with E-state index in [9.17, 15) is 0 Å². The number of nitrogens with zero attached hydrogens (tertiary/aromatic N) is 1. The van der Waals surface area contributed by atoms with Gasteiger partial charge in [0.15, 0.2) is 0 Å². The largest absolute Gasteiger partial charge is 0.491 e. The quantitative estimate of drug-likeness (QED) is 0.748. The fourth-order valence-electron chi connectivity index (χ4n) is 1.55. The second-order valence-corrected chi connectivity index (χ2v) is 3.27. The summed E-state index contributed by atoms with van der Waals surface area (Å²) in [6.45, 7) is 1.53. The van der Waals surface area contributed by atoms with Gasteiger partial charge in [-0.05, 0) is 25.5 Å². The van der Waals surface area contributed by atoms with Crippen LogP contribution >= 0.6 is 0 Å². The van der Waals surface area contributed by atoms with Gasteiger partial charge in [0.25, 0.3) is 0 Å². The molecule has 0 fully saturated rings. The number of fused-ring (bicyclic) bond motifs is 1. The van der Waals surface area contributed by atoms with Gasteiger partial charge >= 0.3 is 0 Å². The van der Waals surface area contributed by atoms with E-state index in [4.69, 9.17) is 10.5 Å². The Bertz CT molecular complexity index is 299. The van der Waals surface area contributed by atoms with Gasteiger partial charge < -0.3 is 10.5 Å². The van der Waals surface area contributed by atoms with E-state index in [1.165, 1.54) is 5.56 Å². The standard InChI is InChI=1S/C10H14N2O/c11-4-1-2-9-6-8-3-5-13-10(8)7-12-9/h6-7H,1-5,11H2. The number of hydrogen-bond donors (Lipinski definition) is 1. The Morgan fingerprint density at radius 1 is 1.54 bits per heavy atom. The molecule has 1 aromatic heterocycles. The highest BCUT2D eigenvalue weighted by Gasteiger charge is 2.12. The first kappa shape index (κ1) is 8.51. The lowest BCUT2D eigenvalue weighted by Gasteiger charge is -2.01. The molecule has 0 amide bonds. The van der Waals surface area contributed by atoms with Gasteiger partial charge in [-0.1, -0.05) is 0 Å². The molecule has 2 rings (SSSR count). The zero-order valence-electron chi connectivity index (χ0n) is 7.62. The molecule has 13 heavy (non-hydrogen) atoms. The average molecular weight is 178 g/mol. The first-order valence-electron chi connectivity index (χ1n) is 4.71. The molecule has 0 unspecified atom stereocenters. The van der Waals surface area contributed by atoms with Crippen molar-refractivity contribution in [1.29, 1.82) is 0 Å². The van der Waals surface area contributed by atoms with Gasteiger partial charge in [0.05, 0.1) is 12.8 Å². The lowest BCUT2D eigenvalue weighted by molar-refractivity contribution is 0.355. The summed E-state index contributed by atoms with van der Waals surface area (Å²) in [5, 5.41) is 0. The molecule has 0 aromatic carbocycles. The van der Waals surface area contributed by atoms with Crippen LogP contribution in [-0.4, -0.2) is 18.1 Å². The monoisotopic (exact) mass is 178 g/mol. The number of nitrogens with two attached hydrogens (primary N) is 1. The fraction of sp³-hybridized carbons (Fsp3) is 0.500. The Morgan fingerprint density at radius 3 is 3.31 bits per heavy atom. The minimum absolute atomic E-state index is 0.731. The van der Waals surface area contributed by atoms with E-state index in [0.29, 0.717) is 0 Å². The van der Waals surface area contributed by atoms with Gasteiger partial charge in [-0.2, -0.15) is 0 Å². The summed E-state index contributed by atoms with van der Waals surface area (Å²) in [5.74, 6) is 0.955. The Labute approximate surface area is 77.9 Å². The van der Waals surface area contributed by atoms with Crippen LogP contribution in [0, 0.1) is 0 Å². The predicted octanol–water partition coefficient (Wildman–Crippen LogP) is 0.908. The number of rotatable bonds is 3. The topological polar surface area (TPSA) is 48.1 Å². The van der Waals surface area contributed by atoms with Gasteiger partial charge in [0.1, 0.15) is 5.75 Å². The smallest absolute Gasteiger partial charge is 0.140 e. The van der Waals surface area contributed by atoms with Crippen molar-refractivity contribution >= 4 is 0 Å². The van der Waals surface area contributed by atoms with Crippen molar-refractivity contribution in [3.05, 3.63) is 23.5 Å². The van der Waals surface area contributed by atoms with Crippen LogP contribution in [0.15, 0.2) is 12.3 Å². The highest BCUT2D eigenvalue weighted by molar-refractivity contribution is 5.35. The van der Waals surface area contributed by atoms with Gasteiger partial charge in [-0.25, -0.2) is 0 Å². The third kappa shape index (κ3) is 1.80. The van der Waals surface area contributed by atoms with E-state index in [2.05, 4.69) is 11.1 Å². The zero-order valence-corrected chi connectivity index (χ0v) is 7.62. The Hall–Kier alpha value is -1.09. The molecule has 0 saturated carbocycles. The molecular formula is C10H14N2O. The van der Waals surface area contributed by atoms with Gasteiger partial charge in [0, 0.05) is 17.7 Å². The van der Waals surface area contributed by atoms with Crippen LogP contribution in [0.5, 0.6) is 5.75 Å². The van der Waals surface area contributed by atoms with Crippen molar-refractivity contribution in [2.45, 2.75) is 19.3 Å². The minimum Gasteiger partial charge on any atom is -0.491 e. The van der Waals surface area contributed by atoms with Crippen molar-refractivity contribution in [2.24, 2.45) is 5.73 Å². The maximum absolute atomic E-state index is 5.44. The molecule has 3 heteroatoms. The number of hydrogen-bond acceptors (Lipinski definition) is 3. The van der Waals surface area contributed by atoms with Crippen LogP contribution in [0.1, 0.15) is 17.7 Å². The molecule has 0 radical (unpaired) electrons. The molecule has 1 aliphatic rings. The molecule has 0 bridgehead atoms. The highest BCUT2D eigenvalue weighted by atomic mass is 16.5. The first-order valence-corrected chi connectivity index (χ1v) is 4.71. The van der Waals surface area contributed by atoms with Crippen LogP contribution in [0.4, 0.5) is 0 Å². The third-order valence-electron chi connectivity index (χ3n) is 2.27.